The minimum atomic E-state index is -0.294. The standard InChI is InChI=1S/C25H22N2O4/c1-26-22-9-8-20-16-31-24-5-3-4-23(27-24)19-7-6-17(14-25(28)29-2)21(12-19)15-30-11-10-18(20)13-22/h3-9,12-13H,10-11,14-16H2,2H3. The van der Waals surface area contributed by atoms with Gasteiger partial charge in [0.05, 0.1) is 39.0 Å². The van der Waals surface area contributed by atoms with E-state index in [1.165, 1.54) is 7.11 Å². The first-order valence-electron chi connectivity index (χ1n) is 10.0. The molecular formula is C25H22N2O4. The average molecular weight is 414 g/mol. The number of carbonyl (C=O) groups excluding carboxylic acids is 1. The zero-order valence-corrected chi connectivity index (χ0v) is 17.3. The van der Waals surface area contributed by atoms with Gasteiger partial charge in [-0.05, 0) is 40.8 Å². The number of hydrogen-bond donors (Lipinski definition) is 0. The normalized spacial score (nSPS) is 13.2. The van der Waals surface area contributed by atoms with Crippen LogP contribution in [0.15, 0.2) is 54.6 Å². The Morgan fingerprint density at radius 3 is 2.84 bits per heavy atom. The van der Waals surface area contributed by atoms with Crippen molar-refractivity contribution in [3.63, 3.8) is 0 Å². The van der Waals surface area contributed by atoms with Crippen LogP contribution >= 0.6 is 0 Å². The zero-order valence-electron chi connectivity index (χ0n) is 17.3. The third-order valence-electron chi connectivity index (χ3n) is 5.26. The Hall–Kier alpha value is -3.69. The maximum atomic E-state index is 11.8. The van der Waals surface area contributed by atoms with Gasteiger partial charge in [0.2, 0.25) is 5.88 Å². The zero-order chi connectivity index (χ0) is 21.6. The Labute approximate surface area is 181 Å². The Bertz CT molecular complexity index is 1150. The smallest absolute Gasteiger partial charge is 0.309 e. The van der Waals surface area contributed by atoms with Crippen LogP contribution in [0.25, 0.3) is 16.1 Å². The number of hydrogen-bond acceptors (Lipinski definition) is 5. The summed E-state index contributed by atoms with van der Waals surface area (Å²) in [6.45, 7) is 8.51. The maximum absolute atomic E-state index is 11.8. The molecule has 0 saturated heterocycles. The van der Waals surface area contributed by atoms with E-state index in [1.807, 2.05) is 48.5 Å². The maximum Gasteiger partial charge on any atom is 0.309 e. The molecule has 6 nitrogen and oxygen atoms in total. The van der Waals surface area contributed by atoms with E-state index < -0.39 is 0 Å². The van der Waals surface area contributed by atoms with E-state index in [2.05, 4.69) is 9.83 Å². The Kier molecular flexibility index (Phi) is 6.25. The molecule has 1 aliphatic heterocycles. The molecule has 1 aromatic heterocycles. The summed E-state index contributed by atoms with van der Waals surface area (Å²) in [5.74, 6) is 0.240. The van der Waals surface area contributed by atoms with Gasteiger partial charge in [-0.3, -0.25) is 4.79 Å². The molecule has 156 valence electrons. The number of fused-ring (bicyclic) bond motifs is 6. The molecule has 0 radical (unpaired) electrons. The average Bonchev–Trinajstić information content (AvgIpc) is 2.81. The minimum absolute atomic E-state index is 0.184. The van der Waals surface area contributed by atoms with Crippen molar-refractivity contribution in [1.29, 1.82) is 0 Å². The van der Waals surface area contributed by atoms with Gasteiger partial charge in [0.1, 0.15) is 6.61 Å². The molecule has 31 heavy (non-hydrogen) atoms. The van der Waals surface area contributed by atoms with Gasteiger partial charge in [0.25, 0.3) is 0 Å². The number of esters is 1. The van der Waals surface area contributed by atoms with E-state index in [9.17, 15) is 4.79 Å². The molecule has 0 spiro atoms. The SMILES string of the molecule is [C-]#[N+]c1ccc2c(c1)CCOCc1cc(ccc1CC(=O)OC)-c1cccc(n1)OC2. The van der Waals surface area contributed by atoms with Crippen LogP contribution in [0.1, 0.15) is 22.3 Å². The molecule has 3 aromatic rings. The van der Waals surface area contributed by atoms with Gasteiger partial charge < -0.3 is 14.2 Å². The highest BCUT2D eigenvalue weighted by molar-refractivity contribution is 5.73. The highest BCUT2D eigenvalue weighted by atomic mass is 16.5. The second-order valence-corrected chi connectivity index (χ2v) is 7.25. The summed E-state index contributed by atoms with van der Waals surface area (Å²) in [6, 6.07) is 17.1. The van der Waals surface area contributed by atoms with E-state index in [1.54, 1.807) is 6.07 Å². The summed E-state index contributed by atoms with van der Waals surface area (Å²) in [6.07, 6.45) is 0.838. The number of methoxy groups -OCH3 is 1. The second-order valence-electron chi connectivity index (χ2n) is 7.25. The van der Waals surface area contributed by atoms with Crippen molar-refractivity contribution >= 4 is 11.7 Å². The van der Waals surface area contributed by atoms with Gasteiger partial charge in [-0.2, -0.15) is 0 Å². The van der Waals surface area contributed by atoms with Crippen molar-refractivity contribution < 1.29 is 19.0 Å². The molecule has 0 aliphatic carbocycles. The van der Waals surface area contributed by atoms with E-state index in [4.69, 9.17) is 20.8 Å². The number of benzene rings is 2. The number of aromatic nitrogens is 1. The molecule has 0 saturated carbocycles. The van der Waals surface area contributed by atoms with E-state index in [-0.39, 0.29) is 12.4 Å². The van der Waals surface area contributed by atoms with Crippen LogP contribution in [0.4, 0.5) is 5.69 Å². The molecule has 1 aliphatic rings. The topological polar surface area (TPSA) is 62.0 Å². The minimum Gasteiger partial charge on any atom is -0.473 e. The Balaban J connectivity index is 1.71. The van der Waals surface area contributed by atoms with E-state index >= 15 is 0 Å². The summed E-state index contributed by atoms with van der Waals surface area (Å²) < 4.78 is 16.8. The predicted molar refractivity (Wildman–Crippen MR) is 116 cm³/mol. The lowest BCUT2D eigenvalue weighted by atomic mass is 10.00. The molecule has 4 rings (SSSR count). The van der Waals surface area contributed by atoms with Crippen molar-refractivity contribution in [2.45, 2.75) is 26.1 Å². The van der Waals surface area contributed by atoms with Crippen molar-refractivity contribution in [1.82, 2.24) is 4.98 Å². The van der Waals surface area contributed by atoms with Gasteiger partial charge in [-0.25, -0.2) is 9.83 Å². The summed E-state index contributed by atoms with van der Waals surface area (Å²) in [5.41, 5.74) is 6.11. The molecule has 2 heterocycles. The summed E-state index contributed by atoms with van der Waals surface area (Å²) in [7, 11) is 1.38. The highest BCUT2D eigenvalue weighted by Gasteiger charge is 2.13. The van der Waals surface area contributed by atoms with Crippen LogP contribution in [0.3, 0.4) is 0 Å². The van der Waals surface area contributed by atoms with Crippen molar-refractivity contribution in [2.75, 3.05) is 13.7 Å². The van der Waals surface area contributed by atoms with Crippen LogP contribution in [0, 0.1) is 6.57 Å². The van der Waals surface area contributed by atoms with Crippen molar-refractivity contribution in [3.8, 4) is 17.1 Å². The fourth-order valence-electron chi connectivity index (χ4n) is 3.55. The number of rotatable bonds is 2. The van der Waals surface area contributed by atoms with Crippen molar-refractivity contribution in [2.24, 2.45) is 0 Å². The largest absolute Gasteiger partial charge is 0.473 e. The van der Waals surface area contributed by atoms with Gasteiger partial charge in [-0.1, -0.05) is 36.4 Å². The fraction of sp³-hybridized carbons (Fsp3) is 0.240. The van der Waals surface area contributed by atoms with Gasteiger partial charge in [0.15, 0.2) is 5.69 Å². The van der Waals surface area contributed by atoms with Gasteiger partial charge >= 0.3 is 5.97 Å². The molecule has 0 fully saturated rings. The summed E-state index contributed by atoms with van der Waals surface area (Å²) >= 11 is 0. The van der Waals surface area contributed by atoms with Crippen LogP contribution in [0.5, 0.6) is 5.88 Å². The third kappa shape index (κ3) is 4.90. The Morgan fingerprint density at radius 1 is 1.10 bits per heavy atom. The monoisotopic (exact) mass is 414 g/mol. The number of carbonyl (C=O) groups is 1. The summed E-state index contributed by atoms with van der Waals surface area (Å²) in [5, 5.41) is 0. The number of pyridine rings is 1. The first-order chi connectivity index (χ1) is 15.2. The Morgan fingerprint density at radius 2 is 2.00 bits per heavy atom. The van der Waals surface area contributed by atoms with E-state index in [0.717, 1.165) is 33.5 Å². The molecule has 0 unspecified atom stereocenters. The molecule has 0 amide bonds. The molecule has 0 N–H and O–H groups in total. The molecule has 6 heteroatoms. The van der Waals surface area contributed by atoms with Crippen LogP contribution in [0.2, 0.25) is 0 Å². The lowest BCUT2D eigenvalue weighted by molar-refractivity contribution is -0.139. The first kappa shape index (κ1) is 20.6. The quantitative estimate of drug-likeness (QED) is 0.451. The molecule has 0 atom stereocenters. The third-order valence-corrected chi connectivity index (χ3v) is 5.26. The van der Waals surface area contributed by atoms with Gasteiger partial charge in [-0.15, -0.1) is 0 Å². The van der Waals surface area contributed by atoms with Crippen LogP contribution in [-0.4, -0.2) is 24.7 Å². The second kappa shape index (κ2) is 9.41. The van der Waals surface area contributed by atoms with Crippen molar-refractivity contribution in [3.05, 3.63) is 88.3 Å². The highest BCUT2D eigenvalue weighted by Crippen LogP contribution is 2.26. The predicted octanol–water partition coefficient (Wildman–Crippen LogP) is 4.67. The van der Waals surface area contributed by atoms with Crippen LogP contribution < -0.4 is 4.74 Å². The van der Waals surface area contributed by atoms with Crippen LogP contribution in [-0.2, 0) is 40.3 Å². The molecular weight excluding hydrogens is 392 g/mol. The number of ether oxygens (including phenoxy) is 3. The lowest BCUT2D eigenvalue weighted by Crippen LogP contribution is -2.09. The fourth-order valence-corrected chi connectivity index (χ4v) is 3.55. The van der Waals surface area contributed by atoms with E-state index in [0.29, 0.717) is 37.8 Å². The molecule has 2 aromatic carbocycles. The summed E-state index contributed by atoms with van der Waals surface area (Å²) in [4.78, 5) is 20.0. The lowest BCUT2D eigenvalue weighted by Gasteiger charge is -2.15. The first-order valence-corrected chi connectivity index (χ1v) is 10.0. The van der Waals surface area contributed by atoms with Gasteiger partial charge in [0, 0.05) is 11.6 Å². The number of nitrogens with zero attached hydrogens (tertiary/aromatic N) is 2. The molecule has 4 bridgehead atoms.